The van der Waals surface area contributed by atoms with Gasteiger partial charge in [-0.25, -0.2) is 15.0 Å². The number of hydrogen-bond donors (Lipinski definition) is 0. The Morgan fingerprint density at radius 3 is 2.70 bits per heavy atom. The molecule has 0 spiro atoms. The number of rotatable bonds is 2. The summed E-state index contributed by atoms with van der Waals surface area (Å²) in [6, 6.07) is 9.42. The molecule has 1 saturated carbocycles. The van der Waals surface area contributed by atoms with Crippen molar-refractivity contribution in [1.82, 2.24) is 19.9 Å². The fourth-order valence-corrected chi connectivity index (χ4v) is 2.27. The standard InChI is InChI=1S/C15H10ClN4/c16-14-3-1-2-11(18-14)13-8-17-12-7-6-10(9-4-5-9)19-15(12)20-13/h1-4,6-9H,5H2. The molecule has 0 amide bonds. The maximum Gasteiger partial charge on any atom is 0.179 e. The summed E-state index contributed by atoms with van der Waals surface area (Å²) in [6.07, 6.45) is 5.02. The van der Waals surface area contributed by atoms with E-state index in [1.165, 1.54) is 0 Å². The molecule has 0 saturated heterocycles. The van der Waals surface area contributed by atoms with E-state index >= 15 is 0 Å². The van der Waals surface area contributed by atoms with E-state index in [4.69, 9.17) is 11.6 Å². The van der Waals surface area contributed by atoms with E-state index in [9.17, 15) is 0 Å². The van der Waals surface area contributed by atoms with E-state index in [0.29, 0.717) is 28.1 Å². The highest BCUT2D eigenvalue weighted by molar-refractivity contribution is 6.29. The number of fused-ring (bicyclic) bond motifs is 1. The van der Waals surface area contributed by atoms with Gasteiger partial charge in [-0.1, -0.05) is 17.7 Å². The van der Waals surface area contributed by atoms with E-state index in [1.54, 1.807) is 12.3 Å². The lowest BCUT2D eigenvalue weighted by Gasteiger charge is -2.03. The maximum atomic E-state index is 5.91. The summed E-state index contributed by atoms with van der Waals surface area (Å²) in [5.74, 6) is 0.481. The average Bonchev–Trinajstić information content (AvgIpc) is 3.31. The van der Waals surface area contributed by atoms with Crippen molar-refractivity contribution in [3.63, 3.8) is 0 Å². The average molecular weight is 282 g/mol. The molecule has 1 atom stereocenters. The minimum absolute atomic E-state index is 0.443. The third-order valence-corrected chi connectivity index (χ3v) is 3.47. The van der Waals surface area contributed by atoms with Crippen molar-refractivity contribution in [2.75, 3.05) is 0 Å². The van der Waals surface area contributed by atoms with E-state index in [-0.39, 0.29) is 0 Å². The molecule has 4 rings (SSSR count). The van der Waals surface area contributed by atoms with Crippen molar-refractivity contribution < 1.29 is 0 Å². The smallest absolute Gasteiger partial charge is 0.179 e. The van der Waals surface area contributed by atoms with Gasteiger partial charge in [-0.05, 0) is 37.1 Å². The second kappa shape index (κ2) is 4.49. The van der Waals surface area contributed by atoms with Crippen molar-refractivity contribution in [1.29, 1.82) is 0 Å². The zero-order valence-electron chi connectivity index (χ0n) is 10.5. The molecule has 1 aliphatic rings. The van der Waals surface area contributed by atoms with Gasteiger partial charge < -0.3 is 0 Å². The van der Waals surface area contributed by atoms with Crippen LogP contribution < -0.4 is 0 Å². The molecule has 5 heteroatoms. The lowest BCUT2D eigenvalue weighted by Crippen LogP contribution is -1.95. The first-order valence-electron chi connectivity index (χ1n) is 6.39. The molecule has 1 radical (unpaired) electrons. The van der Waals surface area contributed by atoms with Crippen molar-refractivity contribution in [2.45, 2.75) is 12.3 Å². The third-order valence-electron chi connectivity index (χ3n) is 3.26. The molecule has 0 aromatic carbocycles. The lowest BCUT2D eigenvalue weighted by atomic mass is 10.2. The molecule has 0 N–H and O–H groups in total. The van der Waals surface area contributed by atoms with Gasteiger partial charge in [0, 0.05) is 11.6 Å². The molecular formula is C15H10ClN4. The highest BCUT2D eigenvalue weighted by Crippen LogP contribution is 2.37. The van der Waals surface area contributed by atoms with Crippen LogP contribution in [0.5, 0.6) is 0 Å². The number of hydrogen-bond acceptors (Lipinski definition) is 4. The number of pyridine rings is 2. The SMILES string of the molecule is Clc1cccc(-c2cnc3ccc(C4[CH]C4)nc3n2)n1. The van der Waals surface area contributed by atoms with E-state index < -0.39 is 0 Å². The van der Waals surface area contributed by atoms with Crippen LogP contribution in [0.4, 0.5) is 0 Å². The first-order chi connectivity index (χ1) is 9.79. The molecule has 1 aliphatic carbocycles. The molecule has 3 aromatic heterocycles. The molecule has 97 valence electrons. The first-order valence-corrected chi connectivity index (χ1v) is 6.77. The van der Waals surface area contributed by atoms with Crippen LogP contribution >= 0.6 is 11.6 Å². The van der Waals surface area contributed by atoms with Gasteiger partial charge in [0.05, 0.1) is 11.9 Å². The van der Waals surface area contributed by atoms with Crippen LogP contribution in [0.15, 0.2) is 36.5 Å². The monoisotopic (exact) mass is 281 g/mol. The molecule has 3 heterocycles. The van der Waals surface area contributed by atoms with E-state index in [2.05, 4.69) is 26.4 Å². The zero-order chi connectivity index (χ0) is 13.5. The van der Waals surface area contributed by atoms with Gasteiger partial charge in [0.15, 0.2) is 5.65 Å². The molecule has 1 fully saturated rings. The number of halogens is 1. The fraction of sp³-hybridized carbons (Fsp3) is 0.133. The third kappa shape index (κ3) is 2.12. The summed E-state index contributed by atoms with van der Waals surface area (Å²) in [7, 11) is 0. The van der Waals surface area contributed by atoms with Gasteiger partial charge in [0.25, 0.3) is 0 Å². The highest BCUT2D eigenvalue weighted by atomic mass is 35.5. The molecule has 3 aromatic rings. The van der Waals surface area contributed by atoms with Crippen LogP contribution in [0.2, 0.25) is 5.15 Å². The van der Waals surface area contributed by atoms with Gasteiger partial charge >= 0.3 is 0 Å². The van der Waals surface area contributed by atoms with Crippen molar-refractivity contribution >= 4 is 22.8 Å². The van der Waals surface area contributed by atoms with Crippen LogP contribution in [-0.4, -0.2) is 19.9 Å². The zero-order valence-corrected chi connectivity index (χ0v) is 11.2. The summed E-state index contributed by atoms with van der Waals surface area (Å²) in [6.45, 7) is 0. The molecule has 0 bridgehead atoms. The lowest BCUT2D eigenvalue weighted by molar-refractivity contribution is 1.05. The van der Waals surface area contributed by atoms with Crippen LogP contribution in [0, 0.1) is 6.42 Å². The Kier molecular flexibility index (Phi) is 2.63. The highest BCUT2D eigenvalue weighted by Gasteiger charge is 2.25. The van der Waals surface area contributed by atoms with Gasteiger partial charge in [-0.2, -0.15) is 0 Å². The topological polar surface area (TPSA) is 51.6 Å². The molecule has 4 nitrogen and oxygen atoms in total. The summed E-state index contributed by atoms with van der Waals surface area (Å²) < 4.78 is 0. The summed E-state index contributed by atoms with van der Waals surface area (Å²) in [5, 5.41) is 0.443. The van der Waals surface area contributed by atoms with Gasteiger partial charge in [-0.3, -0.25) is 4.98 Å². The van der Waals surface area contributed by atoms with Crippen molar-refractivity contribution in [3.05, 3.63) is 53.8 Å². The Morgan fingerprint density at radius 2 is 1.90 bits per heavy atom. The normalized spacial score (nSPS) is 14.7. The predicted octanol–water partition coefficient (Wildman–Crippen LogP) is 3.43. The second-order valence-corrected chi connectivity index (χ2v) is 5.14. The number of nitrogens with zero attached hydrogens (tertiary/aromatic N) is 4. The predicted molar refractivity (Wildman–Crippen MR) is 77.2 cm³/mol. The Balaban J connectivity index is 1.84. The quantitative estimate of drug-likeness (QED) is 0.675. The Bertz CT molecular complexity index is 799. The minimum atomic E-state index is 0.443. The summed E-state index contributed by atoms with van der Waals surface area (Å²) in [5.41, 5.74) is 3.90. The molecule has 0 aliphatic heterocycles. The Hall–Kier alpha value is -2.07. The fourth-order valence-electron chi connectivity index (χ4n) is 2.10. The maximum absolute atomic E-state index is 5.91. The molecular weight excluding hydrogens is 272 g/mol. The van der Waals surface area contributed by atoms with E-state index in [1.807, 2.05) is 24.3 Å². The van der Waals surface area contributed by atoms with Crippen LogP contribution in [0.3, 0.4) is 0 Å². The van der Waals surface area contributed by atoms with Gasteiger partial charge in [0.2, 0.25) is 0 Å². The number of aromatic nitrogens is 4. The summed E-state index contributed by atoms with van der Waals surface area (Å²) in [4.78, 5) is 17.8. The van der Waals surface area contributed by atoms with Gasteiger partial charge in [0.1, 0.15) is 16.4 Å². The van der Waals surface area contributed by atoms with Crippen LogP contribution in [0.1, 0.15) is 18.0 Å². The van der Waals surface area contributed by atoms with Crippen LogP contribution in [0.25, 0.3) is 22.6 Å². The Labute approximate surface area is 120 Å². The van der Waals surface area contributed by atoms with Crippen molar-refractivity contribution in [3.8, 4) is 11.4 Å². The molecule has 20 heavy (non-hydrogen) atoms. The minimum Gasteiger partial charge on any atom is -0.251 e. The first kappa shape index (κ1) is 11.7. The molecule has 1 unspecified atom stereocenters. The summed E-state index contributed by atoms with van der Waals surface area (Å²) >= 11 is 5.91. The van der Waals surface area contributed by atoms with E-state index in [0.717, 1.165) is 17.6 Å². The Morgan fingerprint density at radius 1 is 1.00 bits per heavy atom. The largest absolute Gasteiger partial charge is 0.251 e. The second-order valence-electron chi connectivity index (χ2n) is 4.76. The van der Waals surface area contributed by atoms with Crippen molar-refractivity contribution in [2.24, 2.45) is 0 Å². The van der Waals surface area contributed by atoms with Gasteiger partial charge in [-0.15, -0.1) is 0 Å². The van der Waals surface area contributed by atoms with Crippen LogP contribution in [-0.2, 0) is 0 Å².